The van der Waals surface area contributed by atoms with Gasteiger partial charge in [-0.25, -0.2) is 0 Å². The van der Waals surface area contributed by atoms with Crippen LogP contribution in [0.2, 0.25) is 0 Å². The number of aliphatic hydroxyl groups excluding tert-OH is 1. The number of amides is 1. The van der Waals surface area contributed by atoms with Crippen molar-refractivity contribution in [1.29, 1.82) is 0 Å². The average molecular weight is 396 g/mol. The number of carbonyl (C=O) groups excluding carboxylic acids is 1. The molecule has 0 saturated carbocycles. The summed E-state index contributed by atoms with van der Waals surface area (Å²) in [5, 5.41) is 15.1. The molecule has 0 aromatic heterocycles. The Morgan fingerprint density at radius 2 is 2.40 bits per heavy atom. The minimum atomic E-state index is 0. The van der Waals surface area contributed by atoms with Crippen molar-refractivity contribution in [3.05, 3.63) is 0 Å². The normalized spacial score (nSPS) is 26.4. The maximum Gasteiger partial charge on any atom is 0.220 e. The highest BCUT2D eigenvalue weighted by Crippen LogP contribution is 2.35. The van der Waals surface area contributed by atoms with Gasteiger partial charge in [-0.15, -0.1) is 24.0 Å². The van der Waals surface area contributed by atoms with Crippen LogP contribution in [0.3, 0.4) is 0 Å². The lowest BCUT2D eigenvalue weighted by atomic mass is 9.79. The second kappa shape index (κ2) is 8.02. The van der Waals surface area contributed by atoms with E-state index >= 15 is 0 Å². The quantitative estimate of drug-likeness (QED) is 0.361. The van der Waals surface area contributed by atoms with Gasteiger partial charge < -0.3 is 20.6 Å². The molecule has 3 N–H and O–H groups in total. The van der Waals surface area contributed by atoms with Gasteiger partial charge in [-0.3, -0.25) is 9.79 Å². The Morgan fingerprint density at radius 3 is 3.00 bits per heavy atom. The Balaban J connectivity index is 0.00000200. The van der Waals surface area contributed by atoms with Gasteiger partial charge in [0.15, 0.2) is 5.96 Å². The van der Waals surface area contributed by atoms with E-state index in [2.05, 4.69) is 20.5 Å². The standard InChI is InChI=1S/C13H24N4O2.HI/c1-2-14-12(15-5-7-18)17-6-3-4-13(10-17)8-11(19)16-9-13;/h18H,2-10H2,1H3,(H,14,15)(H,16,19);1H. The van der Waals surface area contributed by atoms with Gasteiger partial charge in [-0.1, -0.05) is 0 Å². The fourth-order valence-corrected chi connectivity index (χ4v) is 3.01. The average Bonchev–Trinajstić information content (AvgIpc) is 2.75. The molecule has 2 aliphatic heterocycles. The summed E-state index contributed by atoms with van der Waals surface area (Å²) in [5.74, 6) is 1.02. The maximum atomic E-state index is 11.5. The molecule has 0 radical (unpaired) electrons. The van der Waals surface area contributed by atoms with Gasteiger partial charge in [0.2, 0.25) is 5.91 Å². The third kappa shape index (κ3) is 4.21. The van der Waals surface area contributed by atoms with Crippen molar-refractivity contribution >= 4 is 35.8 Å². The van der Waals surface area contributed by atoms with Crippen LogP contribution in [0.5, 0.6) is 0 Å². The van der Waals surface area contributed by atoms with Crippen LogP contribution in [-0.4, -0.2) is 61.2 Å². The van der Waals surface area contributed by atoms with Crippen LogP contribution >= 0.6 is 24.0 Å². The van der Waals surface area contributed by atoms with Gasteiger partial charge >= 0.3 is 0 Å². The number of rotatable bonds is 3. The topological polar surface area (TPSA) is 77.0 Å². The van der Waals surface area contributed by atoms with Crippen LogP contribution in [0.25, 0.3) is 0 Å². The molecule has 2 fully saturated rings. The summed E-state index contributed by atoms with van der Waals surface area (Å²) in [6.45, 7) is 5.94. The molecule has 1 spiro atoms. The Hall–Kier alpha value is -0.570. The van der Waals surface area contributed by atoms with E-state index in [1.807, 2.05) is 6.92 Å². The molecule has 0 bridgehead atoms. The number of guanidine groups is 1. The molecule has 1 amide bonds. The molecule has 0 aromatic rings. The second-order valence-electron chi connectivity index (χ2n) is 5.44. The number of halogens is 1. The van der Waals surface area contributed by atoms with E-state index in [0.29, 0.717) is 13.0 Å². The summed E-state index contributed by atoms with van der Waals surface area (Å²) in [4.78, 5) is 18.1. The summed E-state index contributed by atoms with van der Waals surface area (Å²) >= 11 is 0. The molecule has 7 heteroatoms. The fraction of sp³-hybridized carbons (Fsp3) is 0.846. The first-order valence-electron chi connectivity index (χ1n) is 7.10. The van der Waals surface area contributed by atoms with E-state index in [-0.39, 0.29) is 41.9 Å². The number of hydrogen-bond acceptors (Lipinski definition) is 3. The molecule has 20 heavy (non-hydrogen) atoms. The fourth-order valence-electron chi connectivity index (χ4n) is 3.01. The predicted molar refractivity (Wildman–Crippen MR) is 89.3 cm³/mol. The van der Waals surface area contributed by atoms with Crippen LogP contribution in [0.1, 0.15) is 26.2 Å². The third-order valence-corrected chi connectivity index (χ3v) is 3.85. The first kappa shape index (κ1) is 17.5. The van der Waals surface area contributed by atoms with Crippen molar-refractivity contribution in [1.82, 2.24) is 15.5 Å². The van der Waals surface area contributed by atoms with E-state index in [0.717, 1.165) is 45.0 Å². The van der Waals surface area contributed by atoms with Crippen LogP contribution in [0.4, 0.5) is 0 Å². The van der Waals surface area contributed by atoms with E-state index in [4.69, 9.17) is 5.11 Å². The number of aliphatic hydroxyl groups is 1. The minimum Gasteiger partial charge on any atom is -0.394 e. The van der Waals surface area contributed by atoms with Gasteiger partial charge in [0.25, 0.3) is 0 Å². The molecule has 2 saturated heterocycles. The third-order valence-electron chi connectivity index (χ3n) is 3.85. The molecule has 116 valence electrons. The van der Waals surface area contributed by atoms with Crippen LogP contribution in [0.15, 0.2) is 4.99 Å². The van der Waals surface area contributed by atoms with Crippen molar-refractivity contribution in [3.63, 3.8) is 0 Å². The molecule has 0 aliphatic carbocycles. The van der Waals surface area contributed by atoms with Gasteiger partial charge in [-0.05, 0) is 19.8 Å². The van der Waals surface area contributed by atoms with E-state index < -0.39 is 0 Å². The maximum absolute atomic E-state index is 11.5. The number of nitrogens with one attached hydrogen (secondary N) is 2. The number of likely N-dealkylation sites (tertiary alicyclic amines) is 1. The Bertz CT molecular complexity index is 364. The summed E-state index contributed by atoms with van der Waals surface area (Å²) in [6.07, 6.45) is 2.81. The lowest BCUT2D eigenvalue weighted by Gasteiger charge is -2.40. The highest BCUT2D eigenvalue weighted by Gasteiger charge is 2.42. The summed E-state index contributed by atoms with van der Waals surface area (Å²) in [6, 6.07) is 0. The SMILES string of the molecule is CCNC(=NCCO)N1CCCC2(CNC(=O)C2)C1.I. The van der Waals surface area contributed by atoms with Crippen molar-refractivity contribution in [2.75, 3.05) is 39.3 Å². The first-order chi connectivity index (χ1) is 9.19. The zero-order valence-corrected chi connectivity index (χ0v) is 14.4. The largest absolute Gasteiger partial charge is 0.394 e. The first-order valence-corrected chi connectivity index (χ1v) is 7.10. The lowest BCUT2D eigenvalue weighted by Crippen LogP contribution is -2.51. The van der Waals surface area contributed by atoms with E-state index in [1.165, 1.54) is 0 Å². The van der Waals surface area contributed by atoms with E-state index in [1.54, 1.807) is 0 Å². The molecular formula is C13H25IN4O2. The summed E-state index contributed by atoms with van der Waals surface area (Å²) < 4.78 is 0. The highest BCUT2D eigenvalue weighted by atomic mass is 127. The highest BCUT2D eigenvalue weighted by molar-refractivity contribution is 14.0. The summed E-state index contributed by atoms with van der Waals surface area (Å²) in [7, 11) is 0. The van der Waals surface area contributed by atoms with Crippen LogP contribution in [0, 0.1) is 5.41 Å². The number of hydrogen-bond donors (Lipinski definition) is 3. The Kier molecular flexibility index (Phi) is 7.01. The van der Waals surface area contributed by atoms with Crippen LogP contribution < -0.4 is 10.6 Å². The Labute approximate surface area is 137 Å². The van der Waals surface area contributed by atoms with Crippen molar-refractivity contribution in [3.8, 4) is 0 Å². The number of aliphatic imine (C=N–C) groups is 1. The van der Waals surface area contributed by atoms with E-state index in [9.17, 15) is 4.79 Å². The number of carbonyl (C=O) groups is 1. The van der Waals surface area contributed by atoms with Gasteiger partial charge in [0.05, 0.1) is 13.2 Å². The molecular weight excluding hydrogens is 371 g/mol. The second-order valence-corrected chi connectivity index (χ2v) is 5.44. The van der Waals surface area contributed by atoms with Crippen molar-refractivity contribution < 1.29 is 9.90 Å². The predicted octanol–water partition coefficient (Wildman–Crippen LogP) is 0.164. The zero-order chi connectivity index (χ0) is 13.7. The number of piperidine rings is 1. The van der Waals surface area contributed by atoms with Crippen LogP contribution in [-0.2, 0) is 4.79 Å². The molecule has 6 nitrogen and oxygen atoms in total. The van der Waals surface area contributed by atoms with Crippen molar-refractivity contribution in [2.45, 2.75) is 26.2 Å². The van der Waals surface area contributed by atoms with Gasteiger partial charge in [0.1, 0.15) is 0 Å². The molecule has 1 atom stereocenters. The molecule has 2 rings (SSSR count). The minimum absolute atomic E-state index is 0. The monoisotopic (exact) mass is 396 g/mol. The van der Waals surface area contributed by atoms with Gasteiger partial charge in [0, 0.05) is 38.0 Å². The summed E-state index contributed by atoms with van der Waals surface area (Å²) in [5.41, 5.74) is 0.0741. The number of nitrogens with zero attached hydrogens (tertiary/aromatic N) is 2. The molecule has 2 heterocycles. The lowest BCUT2D eigenvalue weighted by molar-refractivity contribution is -0.119. The molecule has 0 aromatic carbocycles. The van der Waals surface area contributed by atoms with Gasteiger partial charge in [-0.2, -0.15) is 0 Å². The Morgan fingerprint density at radius 1 is 1.60 bits per heavy atom. The zero-order valence-electron chi connectivity index (χ0n) is 12.0. The molecule has 1 unspecified atom stereocenters. The van der Waals surface area contributed by atoms with Crippen molar-refractivity contribution in [2.24, 2.45) is 10.4 Å². The molecule has 2 aliphatic rings. The smallest absolute Gasteiger partial charge is 0.220 e.